The van der Waals surface area contributed by atoms with Gasteiger partial charge in [0.15, 0.2) is 17.5 Å². The highest BCUT2D eigenvalue weighted by atomic mass is 127. The Morgan fingerprint density at radius 1 is 1.17 bits per heavy atom. The summed E-state index contributed by atoms with van der Waals surface area (Å²) >= 11 is 0. The van der Waals surface area contributed by atoms with Gasteiger partial charge < -0.3 is 24.4 Å². The van der Waals surface area contributed by atoms with Gasteiger partial charge in [-0.1, -0.05) is 24.3 Å². The topological polar surface area (TPSA) is 55.3 Å². The van der Waals surface area contributed by atoms with Crippen LogP contribution < -0.4 is 14.8 Å². The molecular weight excluding hydrogens is 481 g/mol. The van der Waals surface area contributed by atoms with Gasteiger partial charge in [0.1, 0.15) is 5.75 Å². The highest BCUT2D eigenvalue weighted by Crippen LogP contribution is 2.30. The number of guanidine groups is 1. The number of rotatable bonds is 7. The minimum Gasteiger partial charge on any atom is -0.493 e. The Hall–Kier alpha value is -2.00. The molecule has 158 valence electrons. The van der Waals surface area contributed by atoms with Gasteiger partial charge in [-0.2, -0.15) is 0 Å². The molecule has 0 bridgehead atoms. The minimum absolute atomic E-state index is 0. The Morgan fingerprint density at radius 2 is 1.90 bits per heavy atom. The maximum atomic E-state index is 5.93. The van der Waals surface area contributed by atoms with Crippen LogP contribution in [0.5, 0.6) is 17.2 Å². The lowest BCUT2D eigenvalue weighted by Gasteiger charge is -2.24. The first-order valence-corrected chi connectivity index (χ1v) is 9.59. The summed E-state index contributed by atoms with van der Waals surface area (Å²) in [7, 11) is 5.52. The van der Waals surface area contributed by atoms with Crippen LogP contribution in [0.25, 0.3) is 0 Å². The third-order valence-electron chi connectivity index (χ3n) is 4.80. The quantitative estimate of drug-likeness (QED) is 0.344. The zero-order valence-electron chi connectivity index (χ0n) is 17.3. The van der Waals surface area contributed by atoms with Crippen molar-refractivity contribution in [3.8, 4) is 17.2 Å². The summed E-state index contributed by atoms with van der Waals surface area (Å²) in [4.78, 5) is 6.55. The van der Waals surface area contributed by atoms with Crippen molar-refractivity contribution in [2.24, 2.45) is 10.9 Å². The minimum atomic E-state index is 0. The van der Waals surface area contributed by atoms with E-state index in [0.29, 0.717) is 24.0 Å². The molecule has 1 atom stereocenters. The standard InChI is InChI=1S/C22H29N3O3.HI/c1-23-22(25(2)15-18-12-13-27-16-18)24-14-17-8-10-19(11-9-17)28-21-7-5-4-6-20(21)26-3;/h4-11,18H,12-16H2,1-3H3,(H,23,24);1H. The summed E-state index contributed by atoms with van der Waals surface area (Å²) in [5, 5.41) is 3.42. The molecule has 7 heteroatoms. The summed E-state index contributed by atoms with van der Waals surface area (Å²) in [6.07, 6.45) is 1.12. The Balaban J connectivity index is 0.00000300. The molecule has 1 heterocycles. The van der Waals surface area contributed by atoms with Crippen molar-refractivity contribution >= 4 is 29.9 Å². The molecule has 0 amide bonds. The molecule has 0 radical (unpaired) electrons. The molecular formula is C22H30IN3O3. The Morgan fingerprint density at radius 3 is 2.52 bits per heavy atom. The van der Waals surface area contributed by atoms with E-state index in [1.54, 1.807) is 7.11 Å². The predicted molar refractivity (Wildman–Crippen MR) is 127 cm³/mol. The number of ether oxygens (including phenoxy) is 3. The maximum Gasteiger partial charge on any atom is 0.193 e. The smallest absolute Gasteiger partial charge is 0.193 e. The van der Waals surface area contributed by atoms with Crippen molar-refractivity contribution in [3.05, 3.63) is 54.1 Å². The van der Waals surface area contributed by atoms with E-state index in [2.05, 4.69) is 34.4 Å². The molecule has 0 spiro atoms. The molecule has 3 rings (SSSR count). The van der Waals surface area contributed by atoms with Crippen molar-refractivity contribution < 1.29 is 14.2 Å². The molecule has 6 nitrogen and oxygen atoms in total. The second-order valence-corrected chi connectivity index (χ2v) is 6.91. The highest BCUT2D eigenvalue weighted by molar-refractivity contribution is 14.0. The number of halogens is 1. The lowest BCUT2D eigenvalue weighted by atomic mass is 10.1. The number of nitrogens with one attached hydrogen (secondary N) is 1. The highest BCUT2D eigenvalue weighted by Gasteiger charge is 2.19. The van der Waals surface area contributed by atoms with Crippen molar-refractivity contribution in [1.82, 2.24) is 10.2 Å². The van der Waals surface area contributed by atoms with Crippen molar-refractivity contribution in [2.45, 2.75) is 13.0 Å². The van der Waals surface area contributed by atoms with Gasteiger partial charge in [0, 0.05) is 39.7 Å². The van der Waals surface area contributed by atoms with Crippen LogP contribution in [-0.4, -0.2) is 51.8 Å². The first kappa shape index (κ1) is 23.3. The fraction of sp³-hybridized carbons (Fsp3) is 0.409. The van der Waals surface area contributed by atoms with Crippen LogP contribution in [0.15, 0.2) is 53.5 Å². The second kappa shape index (κ2) is 11.9. The summed E-state index contributed by atoms with van der Waals surface area (Å²) < 4.78 is 16.7. The molecule has 0 saturated carbocycles. The summed E-state index contributed by atoms with van der Waals surface area (Å²) in [5.41, 5.74) is 1.16. The average Bonchev–Trinajstić information content (AvgIpc) is 3.23. The van der Waals surface area contributed by atoms with Gasteiger partial charge in [-0.25, -0.2) is 0 Å². The summed E-state index contributed by atoms with van der Waals surface area (Å²) in [6, 6.07) is 15.7. The first-order chi connectivity index (χ1) is 13.7. The van der Waals surface area contributed by atoms with E-state index < -0.39 is 0 Å². The first-order valence-electron chi connectivity index (χ1n) is 9.59. The molecule has 0 aromatic heterocycles. The van der Waals surface area contributed by atoms with Crippen LogP contribution in [0, 0.1) is 5.92 Å². The molecule has 1 unspecified atom stereocenters. The van der Waals surface area contributed by atoms with Crippen LogP contribution in [0.3, 0.4) is 0 Å². The fourth-order valence-corrected chi connectivity index (χ4v) is 3.27. The number of para-hydroxylation sites is 2. The molecule has 1 saturated heterocycles. The SMILES string of the molecule is CN=C(NCc1ccc(Oc2ccccc2OC)cc1)N(C)CC1CCOC1.I. The number of nitrogens with zero attached hydrogens (tertiary/aromatic N) is 2. The van der Waals surface area contributed by atoms with E-state index in [1.807, 2.05) is 43.4 Å². The van der Waals surface area contributed by atoms with Crippen LogP contribution in [-0.2, 0) is 11.3 Å². The monoisotopic (exact) mass is 511 g/mol. The van der Waals surface area contributed by atoms with Crippen molar-refractivity contribution in [2.75, 3.05) is 41.0 Å². The molecule has 0 aliphatic carbocycles. The van der Waals surface area contributed by atoms with Crippen LogP contribution in [0.1, 0.15) is 12.0 Å². The van der Waals surface area contributed by atoms with Gasteiger partial charge in [-0.3, -0.25) is 4.99 Å². The molecule has 2 aromatic rings. The molecule has 1 aliphatic heterocycles. The van der Waals surface area contributed by atoms with E-state index in [-0.39, 0.29) is 24.0 Å². The number of benzene rings is 2. The molecule has 1 aliphatic rings. The van der Waals surface area contributed by atoms with Gasteiger partial charge in [0.25, 0.3) is 0 Å². The summed E-state index contributed by atoms with van der Waals surface area (Å²) in [5.74, 6) is 3.66. The van der Waals surface area contributed by atoms with Gasteiger partial charge in [0.2, 0.25) is 0 Å². The Kier molecular flexibility index (Phi) is 9.53. The predicted octanol–water partition coefficient (Wildman–Crippen LogP) is 4.15. The molecule has 2 aromatic carbocycles. The van der Waals surface area contributed by atoms with Crippen molar-refractivity contribution in [3.63, 3.8) is 0 Å². The number of hydrogen-bond acceptors (Lipinski definition) is 4. The lowest BCUT2D eigenvalue weighted by molar-refractivity contribution is 0.181. The third kappa shape index (κ3) is 6.78. The second-order valence-electron chi connectivity index (χ2n) is 6.91. The van der Waals surface area contributed by atoms with E-state index in [9.17, 15) is 0 Å². The molecule has 1 fully saturated rings. The number of hydrogen-bond donors (Lipinski definition) is 1. The van der Waals surface area contributed by atoms with E-state index in [4.69, 9.17) is 14.2 Å². The Bertz CT molecular complexity index is 777. The Labute approximate surface area is 190 Å². The van der Waals surface area contributed by atoms with E-state index >= 15 is 0 Å². The largest absolute Gasteiger partial charge is 0.493 e. The zero-order chi connectivity index (χ0) is 19.8. The summed E-state index contributed by atoms with van der Waals surface area (Å²) in [6.45, 7) is 3.36. The number of methoxy groups -OCH3 is 1. The van der Waals surface area contributed by atoms with Crippen LogP contribution >= 0.6 is 24.0 Å². The van der Waals surface area contributed by atoms with Gasteiger partial charge in [0.05, 0.1) is 13.7 Å². The van der Waals surface area contributed by atoms with Crippen LogP contribution in [0.4, 0.5) is 0 Å². The van der Waals surface area contributed by atoms with Gasteiger partial charge >= 0.3 is 0 Å². The van der Waals surface area contributed by atoms with Gasteiger partial charge in [-0.05, 0) is 36.2 Å². The normalized spacial score (nSPS) is 16.1. The average molecular weight is 511 g/mol. The molecule has 1 N–H and O–H groups in total. The third-order valence-corrected chi connectivity index (χ3v) is 4.80. The maximum absolute atomic E-state index is 5.93. The molecule has 29 heavy (non-hydrogen) atoms. The van der Waals surface area contributed by atoms with E-state index in [1.165, 1.54) is 0 Å². The number of aliphatic imine (C=N–C) groups is 1. The fourth-order valence-electron chi connectivity index (χ4n) is 3.27. The van der Waals surface area contributed by atoms with Crippen LogP contribution in [0.2, 0.25) is 0 Å². The van der Waals surface area contributed by atoms with Gasteiger partial charge in [-0.15, -0.1) is 24.0 Å². The lowest BCUT2D eigenvalue weighted by Crippen LogP contribution is -2.41. The zero-order valence-corrected chi connectivity index (χ0v) is 19.6. The van der Waals surface area contributed by atoms with E-state index in [0.717, 1.165) is 43.5 Å². The van der Waals surface area contributed by atoms with Crippen molar-refractivity contribution in [1.29, 1.82) is 0 Å².